The van der Waals surface area contributed by atoms with Gasteiger partial charge in [0.1, 0.15) is 0 Å². The second kappa shape index (κ2) is 66.6. The van der Waals surface area contributed by atoms with Gasteiger partial charge in [0.05, 0.1) is 25.4 Å². The number of carbonyl (C=O) groups excluding carboxylic acids is 2. The predicted molar refractivity (Wildman–Crippen MR) is 338 cm³/mol. The molecule has 0 fully saturated rings. The Hall–Kier alpha value is -1.92. The van der Waals surface area contributed by atoms with Crippen molar-refractivity contribution in [3.8, 4) is 0 Å². The number of amides is 1. The topological polar surface area (TPSA) is 95.9 Å². The van der Waals surface area contributed by atoms with E-state index in [2.05, 4.69) is 43.5 Å². The van der Waals surface area contributed by atoms with Crippen LogP contribution < -0.4 is 5.32 Å². The predicted octanol–water partition coefficient (Wildman–Crippen LogP) is 22.3. The number of nitrogens with one attached hydrogen (secondary N) is 1. The van der Waals surface area contributed by atoms with E-state index < -0.39 is 12.1 Å². The summed E-state index contributed by atoms with van der Waals surface area (Å²) in [6.45, 7) is 4.91. The molecule has 0 aromatic rings. The van der Waals surface area contributed by atoms with E-state index in [1.54, 1.807) is 6.08 Å². The number of unbranched alkanes of at least 4 members (excludes halogenated alkanes) is 50. The van der Waals surface area contributed by atoms with E-state index >= 15 is 0 Å². The third-order valence-electron chi connectivity index (χ3n) is 16.2. The number of rotatable bonds is 65. The highest BCUT2D eigenvalue weighted by Crippen LogP contribution is 2.18. The Morgan fingerprint density at radius 1 is 0.364 bits per heavy atom. The van der Waals surface area contributed by atoms with Crippen molar-refractivity contribution in [2.24, 2.45) is 0 Å². The summed E-state index contributed by atoms with van der Waals surface area (Å²) in [6, 6.07) is -0.632. The van der Waals surface area contributed by atoms with Gasteiger partial charge in [0.25, 0.3) is 0 Å². The molecule has 6 heteroatoms. The third-order valence-corrected chi connectivity index (χ3v) is 16.2. The molecule has 3 N–H and O–H groups in total. The summed E-state index contributed by atoms with van der Waals surface area (Å²) in [7, 11) is 0. The number of allylic oxidation sites excluding steroid dienone is 5. The molecule has 0 saturated carbocycles. The normalized spacial score (nSPS) is 12.7. The largest absolute Gasteiger partial charge is 0.466 e. The number of ether oxygens (including phenoxy) is 1. The first-order valence-corrected chi connectivity index (χ1v) is 34.8. The number of carbonyl (C=O) groups is 2. The SMILES string of the molecule is CCCCC/C=C\C/C=C\CCCCCCCCCCCC(=O)OCCCCCCCCCCCCCCCCCCCCCC(=O)NC(CO)C(O)/C=C/CCCCCCCCCCCCCCCCCCCCCC. The van der Waals surface area contributed by atoms with Crippen molar-refractivity contribution < 1.29 is 24.5 Å². The summed E-state index contributed by atoms with van der Waals surface area (Å²) < 4.78 is 5.50. The van der Waals surface area contributed by atoms with Crippen LogP contribution in [0.2, 0.25) is 0 Å². The smallest absolute Gasteiger partial charge is 0.305 e. The molecule has 77 heavy (non-hydrogen) atoms. The highest BCUT2D eigenvalue weighted by molar-refractivity contribution is 5.76. The standard InChI is InChI=1S/C71H135NO5/c1-3-5-7-9-11-13-15-17-19-21-23-24-25-28-31-35-39-43-47-51-55-59-63-69(74)68(67-73)72-70(75)64-60-56-52-48-44-40-36-32-29-26-30-34-38-42-46-50-54-58-62-66-77-71(76)65-61-57-53-49-45-41-37-33-27-22-20-18-16-14-12-10-8-6-4-2/h12,14,18,20,59,63,68-69,73-74H,3-11,13,15-17,19,21-58,60-62,64-67H2,1-2H3,(H,72,75)/b14-12-,20-18-,63-59+. The number of aliphatic hydroxyl groups excluding tert-OH is 2. The molecule has 0 aliphatic carbocycles. The van der Waals surface area contributed by atoms with Crippen LogP contribution >= 0.6 is 0 Å². The van der Waals surface area contributed by atoms with Crippen LogP contribution in [0.15, 0.2) is 36.5 Å². The van der Waals surface area contributed by atoms with Crippen molar-refractivity contribution in [1.29, 1.82) is 0 Å². The molecule has 1 amide bonds. The maximum Gasteiger partial charge on any atom is 0.305 e. The van der Waals surface area contributed by atoms with Crippen LogP contribution in [0, 0.1) is 0 Å². The quantitative estimate of drug-likeness (QED) is 0.0320. The number of hydrogen-bond acceptors (Lipinski definition) is 5. The van der Waals surface area contributed by atoms with Gasteiger partial charge in [-0.15, -0.1) is 0 Å². The van der Waals surface area contributed by atoms with Crippen LogP contribution in [0.5, 0.6) is 0 Å². The Bertz CT molecular complexity index is 1250. The highest BCUT2D eigenvalue weighted by Gasteiger charge is 2.18. The lowest BCUT2D eigenvalue weighted by atomic mass is 10.0. The third kappa shape index (κ3) is 63.1. The molecule has 454 valence electrons. The minimum atomic E-state index is -0.848. The van der Waals surface area contributed by atoms with Crippen molar-refractivity contribution in [1.82, 2.24) is 5.32 Å². The zero-order valence-electron chi connectivity index (χ0n) is 52.0. The maximum absolute atomic E-state index is 12.5. The fourth-order valence-corrected chi connectivity index (χ4v) is 10.8. The van der Waals surface area contributed by atoms with E-state index in [4.69, 9.17) is 4.74 Å². The van der Waals surface area contributed by atoms with E-state index in [9.17, 15) is 19.8 Å². The van der Waals surface area contributed by atoms with Crippen LogP contribution in [0.25, 0.3) is 0 Å². The molecule has 6 nitrogen and oxygen atoms in total. The van der Waals surface area contributed by atoms with E-state index in [0.29, 0.717) is 19.4 Å². The molecule has 0 heterocycles. The zero-order chi connectivity index (χ0) is 55.7. The van der Waals surface area contributed by atoms with E-state index in [1.165, 1.54) is 302 Å². The lowest BCUT2D eigenvalue weighted by Crippen LogP contribution is -2.45. The van der Waals surface area contributed by atoms with Crippen LogP contribution in [0.4, 0.5) is 0 Å². The molecule has 0 saturated heterocycles. The first kappa shape index (κ1) is 75.1. The Morgan fingerprint density at radius 3 is 1.01 bits per heavy atom. The van der Waals surface area contributed by atoms with Crippen molar-refractivity contribution in [3.05, 3.63) is 36.5 Å². The van der Waals surface area contributed by atoms with Gasteiger partial charge in [-0.3, -0.25) is 9.59 Å². The highest BCUT2D eigenvalue weighted by atomic mass is 16.5. The molecule has 0 rings (SSSR count). The van der Waals surface area contributed by atoms with Crippen molar-refractivity contribution in [2.75, 3.05) is 13.2 Å². The van der Waals surface area contributed by atoms with Crippen molar-refractivity contribution in [3.63, 3.8) is 0 Å². The Labute approximate surface area is 481 Å². The average molecular weight is 1080 g/mol. The molecule has 0 aromatic carbocycles. The second-order valence-electron chi connectivity index (χ2n) is 23.9. The molecule has 0 bridgehead atoms. The summed E-state index contributed by atoms with van der Waals surface area (Å²) in [5, 5.41) is 23.3. The van der Waals surface area contributed by atoms with E-state index in [-0.39, 0.29) is 18.5 Å². The van der Waals surface area contributed by atoms with E-state index in [0.717, 1.165) is 51.4 Å². The summed E-state index contributed by atoms with van der Waals surface area (Å²) in [6.07, 6.45) is 84.9. The van der Waals surface area contributed by atoms with Gasteiger partial charge in [0.15, 0.2) is 0 Å². The fraction of sp³-hybridized carbons (Fsp3) is 0.887. The van der Waals surface area contributed by atoms with Gasteiger partial charge in [-0.05, 0) is 64.2 Å². The van der Waals surface area contributed by atoms with Gasteiger partial charge in [0.2, 0.25) is 5.91 Å². The van der Waals surface area contributed by atoms with Gasteiger partial charge in [0, 0.05) is 12.8 Å². The van der Waals surface area contributed by atoms with Gasteiger partial charge in [-0.1, -0.05) is 339 Å². The molecule has 0 aromatic heterocycles. The minimum Gasteiger partial charge on any atom is -0.466 e. The molecule has 0 spiro atoms. The van der Waals surface area contributed by atoms with Crippen molar-refractivity contribution in [2.45, 2.75) is 392 Å². The average Bonchev–Trinajstić information content (AvgIpc) is 3.43. The zero-order valence-corrected chi connectivity index (χ0v) is 52.0. The van der Waals surface area contributed by atoms with Gasteiger partial charge < -0.3 is 20.3 Å². The number of esters is 1. The first-order chi connectivity index (χ1) is 38.0. The van der Waals surface area contributed by atoms with Gasteiger partial charge in [-0.25, -0.2) is 0 Å². The monoisotopic (exact) mass is 1080 g/mol. The molecule has 2 atom stereocenters. The Morgan fingerprint density at radius 2 is 0.649 bits per heavy atom. The molecular formula is C71H135NO5. The fourth-order valence-electron chi connectivity index (χ4n) is 10.8. The summed E-state index contributed by atoms with van der Waals surface area (Å²) in [5.74, 6) is -0.0620. The Kier molecular flexibility index (Phi) is 64.9. The number of hydrogen-bond donors (Lipinski definition) is 3. The Balaban J connectivity index is 3.42. The summed E-state index contributed by atoms with van der Waals surface area (Å²) in [5.41, 5.74) is 0. The van der Waals surface area contributed by atoms with Crippen molar-refractivity contribution >= 4 is 11.9 Å². The lowest BCUT2D eigenvalue weighted by Gasteiger charge is -2.20. The minimum absolute atomic E-state index is 0.00525. The molecule has 0 aliphatic rings. The summed E-state index contributed by atoms with van der Waals surface area (Å²) >= 11 is 0. The van der Waals surface area contributed by atoms with Crippen LogP contribution in [-0.4, -0.2) is 47.4 Å². The molecule has 0 aliphatic heterocycles. The van der Waals surface area contributed by atoms with Gasteiger partial charge >= 0.3 is 5.97 Å². The molecule has 2 unspecified atom stereocenters. The van der Waals surface area contributed by atoms with Crippen LogP contribution in [0.3, 0.4) is 0 Å². The van der Waals surface area contributed by atoms with Gasteiger partial charge in [-0.2, -0.15) is 0 Å². The molecule has 0 radical (unpaired) electrons. The lowest BCUT2D eigenvalue weighted by molar-refractivity contribution is -0.143. The van der Waals surface area contributed by atoms with Crippen LogP contribution in [-0.2, 0) is 14.3 Å². The van der Waals surface area contributed by atoms with E-state index in [1.807, 2.05) is 6.08 Å². The summed E-state index contributed by atoms with van der Waals surface area (Å²) in [4.78, 5) is 24.6. The number of aliphatic hydroxyl groups is 2. The second-order valence-corrected chi connectivity index (χ2v) is 23.9. The first-order valence-electron chi connectivity index (χ1n) is 34.8. The van der Waals surface area contributed by atoms with Crippen LogP contribution in [0.1, 0.15) is 380 Å². The molecular weight excluding hydrogens is 947 g/mol. The maximum atomic E-state index is 12.5.